The fourth-order valence-electron chi connectivity index (χ4n) is 0.522. The Bertz CT molecular complexity index is 64.0. The van der Waals surface area contributed by atoms with Gasteiger partial charge in [-0.05, 0) is 13.1 Å². The maximum Gasteiger partial charge on any atom is 0.457 e. The van der Waals surface area contributed by atoms with E-state index in [2.05, 4.69) is 5.32 Å². The Morgan fingerprint density at radius 3 is 2.00 bits per heavy atom. The van der Waals surface area contributed by atoms with Crippen molar-refractivity contribution in [1.82, 2.24) is 5.32 Å². The van der Waals surface area contributed by atoms with Crippen molar-refractivity contribution in [3.05, 3.63) is 0 Å². The van der Waals surface area contributed by atoms with Gasteiger partial charge in [0.1, 0.15) is 0 Å². The molecule has 1 rings (SSSR count). The van der Waals surface area contributed by atoms with Crippen LogP contribution in [0.2, 0.25) is 5.82 Å². The molecule has 1 saturated heterocycles. The summed E-state index contributed by atoms with van der Waals surface area (Å²) in [6.45, 7) is 1.50. The molecule has 1 heterocycles. The van der Waals surface area contributed by atoms with Gasteiger partial charge in [0, 0.05) is 5.82 Å². The van der Waals surface area contributed by atoms with Crippen molar-refractivity contribution in [1.29, 1.82) is 0 Å². The molecule has 40 valence electrons. The molecule has 1 fully saturated rings. The Hall–Kier alpha value is -0.0551. The second-order valence-electron chi connectivity index (χ2n) is 1.83. The van der Waals surface area contributed by atoms with Gasteiger partial charge in [0.25, 0.3) is 0 Å². The van der Waals surface area contributed by atoms with Crippen LogP contribution < -0.4 is 5.32 Å². The maximum absolute atomic E-state index is 8.39. The standard InChI is InChI=1S/C3H8BNO2/c6-4(7)3-1-5-2-3/h3,5-7H,1-2H2. The molecule has 0 aromatic carbocycles. The first-order chi connectivity index (χ1) is 3.30. The highest BCUT2D eigenvalue weighted by molar-refractivity contribution is 6.43. The van der Waals surface area contributed by atoms with Gasteiger partial charge in [0.05, 0.1) is 0 Å². The summed E-state index contributed by atoms with van der Waals surface area (Å²) >= 11 is 0. The minimum Gasteiger partial charge on any atom is -0.427 e. The third-order valence-corrected chi connectivity index (χ3v) is 1.23. The molecular formula is C3H8BNO2. The summed E-state index contributed by atoms with van der Waals surface area (Å²) in [5.74, 6) is 0.0833. The average molecular weight is 101 g/mol. The summed E-state index contributed by atoms with van der Waals surface area (Å²) in [5.41, 5.74) is 0. The number of rotatable bonds is 1. The van der Waals surface area contributed by atoms with Crippen molar-refractivity contribution >= 4 is 7.12 Å². The molecule has 3 N–H and O–H groups in total. The first kappa shape index (κ1) is 5.09. The lowest BCUT2D eigenvalue weighted by atomic mass is 9.69. The minimum absolute atomic E-state index is 0.0833. The molecule has 0 atom stereocenters. The molecule has 0 amide bonds. The quantitative estimate of drug-likeness (QED) is 0.350. The second kappa shape index (κ2) is 1.82. The average Bonchev–Trinajstić information content (AvgIpc) is 1.23. The molecule has 7 heavy (non-hydrogen) atoms. The van der Waals surface area contributed by atoms with Crippen molar-refractivity contribution < 1.29 is 10.0 Å². The van der Waals surface area contributed by atoms with Gasteiger partial charge in [-0.25, -0.2) is 0 Å². The molecule has 0 radical (unpaired) electrons. The highest BCUT2D eigenvalue weighted by Crippen LogP contribution is 2.09. The molecule has 1 aliphatic heterocycles. The molecule has 3 nitrogen and oxygen atoms in total. The van der Waals surface area contributed by atoms with Crippen LogP contribution in [0, 0.1) is 0 Å². The van der Waals surface area contributed by atoms with Crippen LogP contribution in [-0.2, 0) is 0 Å². The van der Waals surface area contributed by atoms with E-state index in [4.69, 9.17) is 10.0 Å². The van der Waals surface area contributed by atoms with Crippen LogP contribution in [0.1, 0.15) is 0 Å². The van der Waals surface area contributed by atoms with Gasteiger partial charge in [-0.2, -0.15) is 0 Å². The third-order valence-electron chi connectivity index (χ3n) is 1.23. The number of nitrogens with one attached hydrogen (secondary N) is 1. The van der Waals surface area contributed by atoms with Crippen LogP contribution in [0.3, 0.4) is 0 Å². The van der Waals surface area contributed by atoms with Gasteiger partial charge in [-0.15, -0.1) is 0 Å². The van der Waals surface area contributed by atoms with Crippen molar-refractivity contribution in [3.8, 4) is 0 Å². The Morgan fingerprint density at radius 2 is 2.00 bits per heavy atom. The van der Waals surface area contributed by atoms with Crippen LogP contribution >= 0.6 is 0 Å². The predicted octanol–water partition coefficient (Wildman–Crippen LogP) is -1.57. The summed E-state index contributed by atoms with van der Waals surface area (Å²) in [4.78, 5) is 0. The highest BCUT2D eigenvalue weighted by atomic mass is 16.4. The maximum atomic E-state index is 8.39. The molecule has 0 unspecified atom stereocenters. The van der Waals surface area contributed by atoms with E-state index in [0.29, 0.717) is 0 Å². The summed E-state index contributed by atoms with van der Waals surface area (Å²) in [6, 6.07) is 0. The van der Waals surface area contributed by atoms with Crippen LogP contribution in [0.5, 0.6) is 0 Å². The van der Waals surface area contributed by atoms with Gasteiger partial charge in [0.2, 0.25) is 0 Å². The monoisotopic (exact) mass is 101 g/mol. The molecular weight excluding hydrogens is 92.8 g/mol. The lowest BCUT2D eigenvalue weighted by molar-refractivity contribution is 0.348. The summed E-state index contributed by atoms with van der Waals surface area (Å²) in [6.07, 6.45) is 0. The minimum atomic E-state index is -1.11. The van der Waals surface area contributed by atoms with E-state index in [1.54, 1.807) is 0 Å². The van der Waals surface area contributed by atoms with E-state index in [1.165, 1.54) is 0 Å². The van der Waals surface area contributed by atoms with E-state index in [0.717, 1.165) is 13.1 Å². The Balaban J connectivity index is 2.14. The van der Waals surface area contributed by atoms with Crippen LogP contribution in [0.4, 0.5) is 0 Å². The van der Waals surface area contributed by atoms with Crippen LogP contribution in [-0.4, -0.2) is 30.3 Å². The smallest absolute Gasteiger partial charge is 0.427 e. The largest absolute Gasteiger partial charge is 0.457 e. The predicted molar refractivity (Wildman–Crippen MR) is 26.8 cm³/mol. The number of hydrogen-bond donors (Lipinski definition) is 3. The van der Waals surface area contributed by atoms with E-state index >= 15 is 0 Å². The Kier molecular flexibility index (Phi) is 1.32. The Labute approximate surface area is 42.5 Å². The Morgan fingerprint density at radius 1 is 1.43 bits per heavy atom. The van der Waals surface area contributed by atoms with Crippen LogP contribution in [0.25, 0.3) is 0 Å². The fourth-order valence-corrected chi connectivity index (χ4v) is 0.522. The normalized spacial score (nSPS) is 21.4. The number of hydrogen-bond acceptors (Lipinski definition) is 3. The zero-order valence-corrected chi connectivity index (χ0v) is 3.96. The summed E-state index contributed by atoms with van der Waals surface area (Å²) in [7, 11) is -1.11. The van der Waals surface area contributed by atoms with Crippen molar-refractivity contribution in [2.75, 3.05) is 13.1 Å². The summed E-state index contributed by atoms with van der Waals surface area (Å²) < 4.78 is 0. The van der Waals surface area contributed by atoms with Crippen molar-refractivity contribution in [2.24, 2.45) is 0 Å². The van der Waals surface area contributed by atoms with Crippen molar-refractivity contribution in [2.45, 2.75) is 5.82 Å². The first-order valence-corrected chi connectivity index (χ1v) is 2.37. The van der Waals surface area contributed by atoms with Gasteiger partial charge >= 0.3 is 7.12 Å². The molecule has 0 aliphatic carbocycles. The topological polar surface area (TPSA) is 52.5 Å². The first-order valence-electron chi connectivity index (χ1n) is 2.37. The van der Waals surface area contributed by atoms with Crippen molar-refractivity contribution in [3.63, 3.8) is 0 Å². The van der Waals surface area contributed by atoms with E-state index in [1.807, 2.05) is 0 Å². The molecule has 1 aliphatic rings. The second-order valence-corrected chi connectivity index (χ2v) is 1.83. The van der Waals surface area contributed by atoms with Gasteiger partial charge in [-0.1, -0.05) is 0 Å². The molecule has 0 aromatic heterocycles. The lowest BCUT2D eigenvalue weighted by Gasteiger charge is -2.25. The van der Waals surface area contributed by atoms with Crippen LogP contribution in [0.15, 0.2) is 0 Å². The summed E-state index contributed by atoms with van der Waals surface area (Å²) in [5, 5.41) is 19.7. The highest BCUT2D eigenvalue weighted by Gasteiger charge is 2.28. The molecule has 0 bridgehead atoms. The SMILES string of the molecule is OB(O)C1CNC1. The van der Waals surface area contributed by atoms with Gasteiger partial charge < -0.3 is 15.4 Å². The zero-order chi connectivity index (χ0) is 5.28. The molecule has 0 aromatic rings. The lowest BCUT2D eigenvalue weighted by Crippen LogP contribution is -2.46. The van der Waals surface area contributed by atoms with E-state index in [9.17, 15) is 0 Å². The van der Waals surface area contributed by atoms with Gasteiger partial charge in [-0.3, -0.25) is 0 Å². The van der Waals surface area contributed by atoms with E-state index in [-0.39, 0.29) is 5.82 Å². The van der Waals surface area contributed by atoms with Gasteiger partial charge in [0.15, 0.2) is 0 Å². The third kappa shape index (κ3) is 0.935. The molecule has 0 spiro atoms. The molecule has 0 saturated carbocycles. The fraction of sp³-hybridized carbons (Fsp3) is 1.00. The zero-order valence-electron chi connectivity index (χ0n) is 3.96. The van der Waals surface area contributed by atoms with E-state index < -0.39 is 7.12 Å². The molecule has 4 heteroatoms.